The highest BCUT2D eigenvalue weighted by Crippen LogP contribution is 2.35. The van der Waals surface area contributed by atoms with E-state index >= 15 is 0 Å². The highest BCUT2D eigenvalue weighted by molar-refractivity contribution is 7.90. The van der Waals surface area contributed by atoms with Crippen molar-refractivity contribution < 1.29 is 17.5 Å². The molecule has 8 nitrogen and oxygen atoms in total. The summed E-state index contributed by atoms with van der Waals surface area (Å²) in [7, 11) is -2.39. The molecular formula is C19H15ClFN5O3S. The molecule has 0 aliphatic rings. The number of fused-ring (bicyclic) bond motifs is 1. The first-order chi connectivity index (χ1) is 14.2. The van der Waals surface area contributed by atoms with Crippen molar-refractivity contribution in [1.82, 2.24) is 19.7 Å². The van der Waals surface area contributed by atoms with E-state index in [1.165, 1.54) is 30.0 Å². The van der Waals surface area contributed by atoms with Gasteiger partial charge in [-0.25, -0.2) is 22.5 Å². The van der Waals surface area contributed by atoms with Crippen LogP contribution in [-0.2, 0) is 9.84 Å². The van der Waals surface area contributed by atoms with Gasteiger partial charge in [0.1, 0.15) is 17.4 Å². The number of benzene rings is 2. The summed E-state index contributed by atoms with van der Waals surface area (Å²) in [5.74, 6) is -0.236. The topological polar surface area (TPSA) is 113 Å². The Hall–Kier alpha value is -3.24. The molecular weight excluding hydrogens is 433 g/mol. The Balaban J connectivity index is 2.06. The first-order valence-corrected chi connectivity index (χ1v) is 10.8. The van der Waals surface area contributed by atoms with E-state index in [0.29, 0.717) is 16.5 Å². The number of aromatic nitrogens is 4. The summed E-state index contributed by atoms with van der Waals surface area (Å²) in [6, 6.07) is 10.8. The molecule has 0 spiro atoms. The number of methoxy groups -OCH3 is 1. The fraction of sp³-hybridized carbons (Fsp3) is 0.105. The van der Waals surface area contributed by atoms with Gasteiger partial charge in [-0.3, -0.25) is 0 Å². The molecule has 0 unspecified atom stereocenters. The van der Waals surface area contributed by atoms with Gasteiger partial charge in [0, 0.05) is 22.9 Å². The van der Waals surface area contributed by atoms with Gasteiger partial charge < -0.3 is 10.5 Å². The minimum Gasteiger partial charge on any atom is -0.497 e. The summed E-state index contributed by atoms with van der Waals surface area (Å²) in [5, 5.41) is 4.58. The van der Waals surface area contributed by atoms with Crippen LogP contribution in [0.2, 0.25) is 5.02 Å². The Morgan fingerprint density at radius 2 is 1.83 bits per heavy atom. The summed E-state index contributed by atoms with van der Waals surface area (Å²) in [6.07, 6.45) is 0.960. The van der Waals surface area contributed by atoms with Crippen LogP contribution in [0.25, 0.3) is 28.0 Å². The van der Waals surface area contributed by atoms with Gasteiger partial charge in [-0.2, -0.15) is 4.98 Å². The van der Waals surface area contributed by atoms with E-state index in [1.807, 2.05) is 0 Å². The average Bonchev–Trinajstić information content (AvgIpc) is 3.04. The lowest BCUT2D eigenvalue weighted by Crippen LogP contribution is -2.06. The Morgan fingerprint density at radius 1 is 1.13 bits per heavy atom. The lowest BCUT2D eigenvalue weighted by Gasteiger charge is -2.08. The second kappa shape index (κ2) is 7.22. The number of sulfone groups is 1. The van der Waals surface area contributed by atoms with Crippen molar-refractivity contribution in [2.45, 2.75) is 5.16 Å². The van der Waals surface area contributed by atoms with Crippen LogP contribution in [0, 0.1) is 5.82 Å². The predicted octanol–water partition coefficient (Wildman–Crippen LogP) is 3.27. The average molecular weight is 448 g/mol. The molecule has 30 heavy (non-hydrogen) atoms. The molecule has 2 heterocycles. The Kier molecular flexibility index (Phi) is 4.83. The van der Waals surface area contributed by atoms with Crippen LogP contribution < -0.4 is 10.5 Å². The van der Waals surface area contributed by atoms with E-state index in [2.05, 4.69) is 15.1 Å². The van der Waals surface area contributed by atoms with Gasteiger partial charge in [-0.05, 0) is 36.4 Å². The number of nitrogens with zero attached hydrogens (tertiary/aromatic N) is 4. The molecule has 4 aromatic rings. The molecule has 0 saturated heterocycles. The maximum absolute atomic E-state index is 14.8. The van der Waals surface area contributed by atoms with Crippen molar-refractivity contribution in [2.24, 2.45) is 0 Å². The third-order valence-corrected chi connectivity index (χ3v) is 5.48. The van der Waals surface area contributed by atoms with Crippen LogP contribution in [0.15, 0.2) is 47.6 Å². The first kappa shape index (κ1) is 20.0. The smallest absolute Gasteiger partial charge is 0.249 e. The number of ether oxygens (including phenoxy) is 1. The molecule has 0 aliphatic heterocycles. The predicted molar refractivity (Wildman–Crippen MR) is 111 cm³/mol. The Morgan fingerprint density at radius 3 is 2.43 bits per heavy atom. The van der Waals surface area contributed by atoms with Crippen LogP contribution in [0.1, 0.15) is 0 Å². The van der Waals surface area contributed by atoms with Crippen LogP contribution >= 0.6 is 11.6 Å². The number of nitrogens with two attached hydrogens (primary N) is 1. The fourth-order valence-corrected chi connectivity index (χ4v) is 3.58. The van der Waals surface area contributed by atoms with Crippen molar-refractivity contribution in [2.75, 3.05) is 19.1 Å². The zero-order valence-corrected chi connectivity index (χ0v) is 17.4. The number of halogens is 2. The molecule has 2 aromatic carbocycles. The summed E-state index contributed by atoms with van der Waals surface area (Å²) in [6.45, 7) is 0. The zero-order chi connectivity index (χ0) is 21.6. The van der Waals surface area contributed by atoms with Gasteiger partial charge in [0.05, 0.1) is 23.9 Å². The third kappa shape index (κ3) is 3.44. The molecule has 2 aromatic heterocycles. The molecule has 4 rings (SSSR count). The third-order valence-electron chi connectivity index (χ3n) is 4.38. The SMILES string of the molecule is COc1ccc(-c2nc(S(C)(=O)=O)nc3nn(-c4ccc(Cl)cc4)c(N)c23)c(F)c1. The quantitative estimate of drug-likeness (QED) is 0.477. The summed E-state index contributed by atoms with van der Waals surface area (Å²) >= 11 is 5.93. The molecule has 11 heteroatoms. The van der Waals surface area contributed by atoms with Gasteiger partial charge in [0.2, 0.25) is 15.0 Å². The normalized spacial score (nSPS) is 11.7. The van der Waals surface area contributed by atoms with Crippen LogP contribution in [0.5, 0.6) is 5.75 Å². The molecule has 0 atom stereocenters. The van der Waals surface area contributed by atoms with Gasteiger partial charge in [-0.15, -0.1) is 5.10 Å². The van der Waals surface area contributed by atoms with Crippen molar-refractivity contribution in [1.29, 1.82) is 0 Å². The van der Waals surface area contributed by atoms with Gasteiger partial charge in [0.15, 0.2) is 5.65 Å². The molecule has 0 radical (unpaired) electrons. The van der Waals surface area contributed by atoms with Gasteiger partial charge >= 0.3 is 0 Å². The summed E-state index contributed by atoms with van der Waals surface area (Å²) in [4.78, 5) is 8.14. The zero-order valence-electron chi connectivity index (χ0n) is 15.8. The molecule has 0 saturated carbocycles. The van der Waals surface area contributed by atoms with Crippen molar-refractivity contribution in [3.05, 3.63) is 53.3 Å². The van der Waals surface area contributed by atoms with Crippen LogP contribution in [0.3, 0.4) is 0 Å². The molecule has 154 valence electrons. The maximum atomic E-state index is 14.8. The van der Waals surface area contributed by atoms with E-state index < -0.39 is 20.8 Å². The lowest BCUT2D eigenvalue weighted by atomic mass is 10.1. The van der Waals surface area contributed by atoms with E-state index in [4.69, 9.17) is 22.1 Å². The second-order valence-electron chi connectivity index (χ2n) is 6.44. The van der Waals surface area contributed by atoms with Gasteiger partial charge in [-0.1, -0.05) is 11.6 Å². The second-order valence-corrected chi connectivity index (χ2v) is 8.79. The van der Waals surface area contributed by atoms with Crippen molar-refractivity contribution >= 4 is 38.3 Å². The number of hydrogen-bond acceptors (Lipinski definition) is 7. The standard InChI is InChI=1S/C19H15ClFN5O3S/c1-29-12-7-8-13(14(21)9-12)16-15-17(22)26(11-5-3-10(20)4-6-11)25-18(15)24-19(23-16)30(2,27)28/h3-9H,22H2,1-2H3. The summed E-state index contributed by atoms with van der Waals surface area (Å²) < 4.78 is 45.5. The highest BCUT2D eigenvalue weighted by atomic mass is 35.5. The number of nitrogen functional groups attached to an aromatic ring is 1. The van der Waals surface area contributed by atoms with E-state index in [1.54, 1.807) is 24.3 Å². The Bertz CT molecular complexity index is 1390. The molecule has 0 amide bonds. The Labute approximate surface area is 176 Å². The number of anilines is 1. The largest absolute Gasteiger partial charge is 0.497 e. The molecule has 0 aliphatic carbocycles. The fourth-order valence-electron chi connectivity index (χ4n) is 2.95. The van der Waals surface area contributed by atoms with E-state index in [9.17, 15) is 12.8 Å². The van der Waals surface area contributed by atoms with Gasteiger partial charge in [0.25, 0.3) is 0 Å². The monoisotopic (exact) mass is 447 g/mol. The molecule has 0 fully saturated rings. The van der Waals surface area contributed by atoms with Crippen molar-refractivity contribution in [3.8, 4) is 22.7 Å². The first-order valence-electron chi connectivity index (χ1n) is 8.55. The summed E-state index contributed by atoms with van der Waals surface area (Å²) in [5.41, 5.74) is 6.94. The lowest BCUT2D eigenvalue weighted by molar-refractivity contribution is 0.411. The number of hydrogen-bond donors (Lipinski definition) is 1. The van der Waals surface area contributed by atoms with Crippen LogP contribution in [-0.4, -0.2) is 41.5 Å². The van der Waals surface area contributed by atoms with E-state index in [-0.39, 0.29) is 28.1 Å². The maximum Gasteiger partial charge on any atom is 0.249 e. The minimum absolute atomic E-state index is 0.0123. The highest BCUT2D eigenvalue weighted by Gasteiger charge is 2.24. The molecule has 2 N–H and O–H groups in total. The minimum atomic E-state index is -3.80. The van der Waals surface area contributed by atoms with Crippen LogP contribution in [0.4, 0.5) is 10.2 Å². The van der Waals surface area contributed by atoms with Crippen molar-refractivity contribution in [3.63, 3.8) is 0 Å². The molecule has 0 bridgehead atoms. The number of rotatable bonds is 4. The van der Waals surface area contributed by atoms with E-state index in [0.717, 1.165) is 6.26 Å².